The van der Waals surface area contributed by atoms with E-state index in [4.69, 9.17) is 0 Å². The van der Waals surface area contributed by atoms with Crippen molar-refractivity contribution in [2.45, 2.75) is 37.6 Å². The molecule has 0 aromatic carbocycles. The molecule has 0 unspecified atom stereocenters. The zero-order valence-electron chi connectivity index (χ0n) is 18.7. The summed E-state index contributed by atoms with van der Waals surface area (Å²) < 4.78 is 0. The molecule has 1 N–H and O–H groups in total. The van der Waals surface area contributed by atoms with Gasteiger partial charge in [0, 0.05) is 45.3 Å². The number of aliphatic imine (C=N–C) groups is 1. The molecule has 3 aliphatic rings. The van der Waals surface area contributed by atoms with E-state index in [1.165, 1.54) is 63.3 Å². The third-order valence-corrected chi connectivity index (χ3v) is 8.06. The Morgan fingerprint density at radius 3 is 2.33 bits per heavy atom. The Labute approximate surface area is 203 Å². The highest BCUT2D eigenvalue weighted by Gasteiger charge is 2.40. The number of nitrogens with one attached hydrogen (secondary N) is 1. The van der Waals surface area contributed by atoms with E-state index < -0.39 is 0 Å². The number of piperidine rings is 2. The largest absolute Gasteiger partial charge is 0.360 e. The van der Waals surface area contributed by atoms with Gasteiger partial charge in [-0.2, -0.15) is 0 Å². The summed E-state index contributed by atoms with van der Waals surface area (Å²) in [6.07, 6.45) is 6.64. The summed E-state index contributed by atoms with van der Waals surface area (Å²) in [7, 11) is 4.20. The number of thiophene rings is 1. The molecule has 8 heteroatoms. The zero-order valence-corrected chi connectivity index (χ0v) is 21.8. The summed E-state index contributed by atoms with van der Waals surface area (Å²) in [4.78, 5) is 14.9. The molecule has 0 saturated carbocycles. The smallest absolute Gasteiger partial charge is 0.193 e. The van der Waals surface area contributed by atoms with Crippen LogP contribution in [0.2, 0.25) is 0 Å². The lowest BCUT2D eigenvalue weighted by molar-refractivity contribution is 0.0169. The second kappa shape index (κ2) is 11.3. The van der Waals surface area contributed by atoms with Gasteiger partial charge in [-0.05, 0) is 76.4 Å². The molecule has 6 nitrogen and oxygen atoms in total. The van der Waals surface area contributed by atoms with Crippen LogP contribution in [0.15, 0.2) is 22.5 Å². The van der Waals surface area contributed by atoms with Crippen molar-refractivity contribution in [3.05, 3.63) is 17.5 Å². The SMILES string of the molecule is CN=C(NCC1(N2CCCCC2)CCN(C)CC1)N1CCN(c2cccs2)CC1.I. The highest BCUT2D eigenvalue weighted by atomic mass is 127. The molecular formula is C22H39IN6S. The minimum absolute atomic E-state index is 0. The molecule has 3 aliphatic heterocycles. The van der Waals surface area contributed by atoms with Crippen molar-refractivity contribution in [1.29, 1.82) is 0 Å². The first-order chi connectivity index (χ1) is 14.2. The molecule has 0 spiro atoms. The normalized spacial score (nSPS) is 23.9. The number of piperazine rings is 1. The first kappa shape index (κ1) is 24.1. The van der Waals surface area contributed by atoms with Gasteiger partial charge in [-0.1, -0.05) is 6.42 Å². The molecule has 0 atom stereocenters. The number of nitrogens with zero attached hydrogens (tertiary/aromatic N) is 5. The molecule has 0 aliphatic carbocycles. The van der Waals surface area contributed by atoms with Crippen LogP contribution in [0.4, 0.5) is 5.00 Å². The topological polar surface area (TPSA) is 37.4 Å². The third-order valence-electron chi connectivity index (χ3n) is 7.13. The van der Waals surface area contributed by atoms with E-state index in [9.17, 15) is 0 Å². The number of rotatable bonds is 4. The van der Waals surface area contributed by atoms with Crippen molar-refractivity contribution in [2.75, 3.05) is 77.9 Å². The fourth-order valence-electron chi connectivity index (χ4n) is 5.17. The number of hydrogen-bond donors (Lipinski definition) is 1. The first-order valence-corrected chi connectivity index (χ1v) is 12.3. The maximum absolute atomic E-state index is 4.66. The molecule has 170 valence electrons. The lowest BCUT2D eigenvalue weighted by Crippen LogP contribution is -2.63. The quantitative estimate of drug-likeness (QED) is 0.357. The van der Waals surface area contributed by atoms with Gasteiger partial charge in [0.15, 0.2) is 5.96 Å². The summed E-state index contributed by atoms with van der Waals surface area (Å²) in [5, 5.41) is 7.37. The summed E-state index contributed by atoms with van der Waals surface area (Å²) in [5.41, 5.74) is 0.293. The van der Waals surface area contributed by atoms with Crippen LogP contribution >= 0.6 is 35.3 Å². The third kappa shape index (κ3) is 5.61. The Morgan fingerprint density at radius 1 is 1.03 bits per heavy atom. The van der Waals surface area contributed by atoms with Crippen molar-refractivity contribution in [2.24, 2.45) is 4.99 Å². The van der Waals surface area contributed by atoms with Gasteiger partial charge < -0.3 is 20.0 Å². The van der Waals surface area contributed by atoms with Crippen molar-refractivity contribution >= 4 is 46.3 Å². The Kier molecular flexibility index (Phi) is 9.09. The maximum Gasteiger partial charge on any atom is 0.193 e. The van der Waals surface area contributed by atoms with Crippen molar-refractivity contribution in [1.82, 2.24) is 20.0 Å². The summed E-state index contributed by atoms with van der Waals surface area (Å²) in [6, 6.07) is 4.38. The molecule has 0 bridgehead atoms. The standard InChI is InChI=1S/C22H38N6S.HI/c1-23-21(27-16-14-26(15-17-27)20-7-6-18-29-20)24-19-22(8-12-25(2)13-9-22)28-10-4-3-5-11-28;/h6-7,18H,3-5,8-17,19H2,1-2H3,(H,23,24);1H. The van der Waals surface area contributed by atoms with Gasteiger partial charge in [-0.25, -0.2) is 0 Å². The van der Waals surface area contributed by atoms with Crippen LogP contribution in [0.3, 0.4) is 0 Å². The van der Waals surface area contributed by atoms with Gasteiger partial charge in [-0.15, -0.1) is 35.3 Å². The summed E-state index contributed by atoms with van der Waals surface area (Å²) in [5.74, 6) is 1.09. The predicted octanol–water partition coefficient (Wildman–Crippen LogP) is 3.01. The van der Waals surface area contributed by atoms with Gasteiger partial charge in [0.1, 0.15) is 0 Å². The highest BCUT2D eigenvalue weighted by Crippen LogP contribution is 2.31. The van der Waals surface area contributed by atoms with Crippen molar-refractivity contribution in [3.8, 4) is 0 Å². The van der Waals surface area contributed by atoms with E-state index >= 15 is 0 Å². The second-order valence-corrected chi connectivity index (χ2v) is 9.83. The van der Waals surface area contributed by atoms with Gasteiger partial charge >= 0.3 is 0 Å². The fourth-order valence-corrected chi connectivity index (χ4v) is 5.96. The van der Waals surface area contributed by atoms with E-state index in [2.05, 4.69) is 54.5 Å². The predicted molar refractivity (Wildman–Crippen MR) is 140 cm³/mol. The monoisotopic (exact) mass is 546 g/mol. The number of guanidine groups is 1. The van der Waals surface area contributed by atoms with Gasteiger partial charge in [0.25, 0.3) is 0 Å². The van der Waals surface area contributed by atoms with Crippen LogP contribution < -0.4 is 10.2 Å². The van der Waals surface area contributed by atoms with Crippen molar-refractivity contribution in [3.63, 3.8) is 0 Å². The molecule has 4 rings (SSSR count). The van der Waals surface area contributed by atoms with Crippen LogP contribution in [-0.2, 0) is 0 Å². The lowest BCUT2D eigenvalue weighted by atomic mass is 9.84. The van der Waals surface area contributed by atoms with E-state index in [0.29, 0.717) is 5.54 Å². The number of halogens is 1. The van der Waals surface area contributed by atoms with Crippen LogP contribution in [0.1, 0.15) is 32.1 Å². The molecule has 0 radical (unpaired) electrons. The van der Waals surface area contributed by atoms with E-state index in [1.54, 1.807) is 0 Å². The van der Waals surface area contributed by atoms with Gasteiger partial charge in [0.05, 0.1) is 5.00 Å². The second-order valence-electron chi connectivity index (χ2n) is 8.90. The van der Waals surface area contributed by atoms with Crippen LogP contribution in [-0.4, -0.2) is 99.2 Å². The number of anilines is 1. The summed E-state index contributed by atoms with van der Waals surface area (Å²) >= 11 is 1.84. The van der Waals surface area contributed by atoms with E-state index in [1.807, 2.05) is 18.4 Å². The number of likely N-dealkylation sites (tertiary alicyclic amines) is 2. The molecule has 3 fully saturated rings. The van der Waals surface area contributed by atoms with Crippen LogP contribution in [0.25, 0.3) is 0 Å². The van der Waals surface area contributed by atoms with Crippen molar-refractivity contribution < 1.29 is 0 Å². The Hall–Kier alpha value is -0.580. The van der Waals surface area contributed by atoms with E-state index in [0.717, 1.165) is 38.7 Å². The minimum Gasteiger partial charge on any atom is -0.360 e. The zero-order chi connectivity index (χ0) is 20.1. The first-order valence-electron chi connectivity index (χ1n) is 11.4. The Balaban J connectivity index is 0.00000256. The molecule has 4 heterocycles. The molecule has 1 aromatic rings. The molecule has 0 amide bonds. The average molecular weight is 547 g/mol. The molecule has 1 aromatic heterocycles. The maximum atomic E-state index is 4.66. The summed E-state index contributed by atoms with van der Waals surface area (Å²) in [6.45, 7) is 10.2. The van der Waals surface area contributed by atoms with Crippen LogP contribution in [0.5, 0.6) is 0 Å². The van der Waals surface area contributed by atoms with Crippen LogP contribution in [0, 0.1) is 0 Å². The Bertz CT molecular complexity index is 645. The van der Waals surface area contributed by atoms with Gasteiger partial charge in [0.2, 0.25) is 0 Å². The minimum atomic E-state index is 0. The molecule has 30 heavy (non-hydrogen) atoms. The number of hydrogen-bond acceptors (Lipinski definition) is 5. The molecular weight excluding hydrogens is 507 g/mol. The highest BCUT2D eigenvalue weighted by molar-refractivity contribution is 14.0. The molecule has 3 saturated heterocycles. The lowest BCUT2D eigenvalue weighted by Gasteiger charge is -2.50. The average Bonchev–Trinajstić information content (AvgIpc) is 3.32. The Morgan fingerprint density at radius 2 is 1.73 bits per heavy atom. The van der Waals surface area contributed by atoms with E-state index in [-0.39, 0.29) is 24.0 Å². The van der Waals surface area contributed by atoms with Gasteiger partial charge in [-0.3, -0.25) is 9.89 Å². The fraction of sp³-hybridized carbons (Fsp3) is 0.773.